The van der Waals surface area contributed by atoms with Crippen LogP contribution < -0.4 is 14.8 Å². The van der Waals surface area contributed by atoms with E-state index in [1.54, 1.807) is 18.2 Å². The van der Waals surface area contributed by atoms with Gasteiger partial charge in [0.1, 0.15) is 0 Å². The summed E-state index contributed by atoms with van der Waals surface area (Å²) in [6, 6.07) is 9.38. The fraction of sp³-hybridized carbons (Fsp3) is 0.182. The van der Waals surface area contributed by atoms with Crippen LogP contribution in [-0.2, 0) is 16.1 Å². The van der Waals surface area contributed by atoms with Crippen molar-refractivity contribution in [2.45, 2.75) is 6.54 Å². The maximum atomic E-state index is 12.4. The van der Waals surface area contributed by atoms with Crippen LogP contribution in [0.1, 0.15) is 36.6 Å². The van der Waals surface area contributed by atoms with Gasteiger partial charge in [0.15, 0.2) is 18.1 Å². The first kappa shape index (κ1) is 20.1. The predicted molar refractivity (Wildman–Crippen MR) is 107 cm³/mol. The third-order valence-electron chi connectivity index (χ3n) is 4.78. The number of benzene rings is 2. The summed E-state index contributed by atoms with van der Waals surface area (Å²) < 4.78 is 15.5. The second-order valence-electron chi connectivity index (χ2n) is 6.81. The van der Waals surface area contributed by atoms with E-state index in [1.165, 1.54) is 24.3 Å². The lowest BCUT2D eigenvalue weighted by molar-refractivity contribution is -0.124. The highest BCUT2D eigenvalue weighted by Gasteiger charge is 2.35. The molecule has 2 aromatic carbocycles. The van der Waals surface area contributed by atoms with Gasteiger partial charge in [-0.2, -0.15) is 0 Å². The molecule has 2 aliphatic heterocycles. The molecule has 4 rings (SSSR count). The van der Waals surface area contributed by atoms with Crippen molar-refractivity contribution in [1.29, 1.82) is 0 Å². The van der Waals surface area contributed by atoms with Crippen LogP contribution in [0.2, 0.25) is 0 Å². The molecule has 2 aliphatic rings. The molecule has 2 aromatic rings. The molecule has 0 atom stereocenters. The van der Waals surface area contributed by atoms with Gasteiger partial charge in [0, 0.05) is 13.1 Å². The van der Waals surface area contributed by atoms with Gasteiger partial charge in [-0.3, -0.25) is 19.3 Å². The number of hydrogen-bond donors (Lipinski definition) is 1. The van der Waals surface area contributed by atoms with E-state index in [2.05, 4.69) is 11.9 Å². The SMILES string of the molecule is C=CCN1C(=O)c2ccc(C(=O)OCC(=O)NCc3ccc4c(c3)OCO4)cc2C1=O. The third kappa shape index (κ3) is 3.97. The Labute approximate surface area is 177 Å². The fourth-order valence-corrected chi connectivity index (χ4v) is 3.23. The first-order chi connectivity index (χ1) is 15.0. The van der Waals surface area contributed by atoms with E-state index >= 15 is 0 Å². The van der Waals surface area contributed by atoms with E-state index in [-0.39, 0.29) is 36.6 Å². The maximum absolute atomic E-state index is 12.4. The molecule has 9 heteroatoms. The molecule has 0 fully saturated rings. The Kier molecular flexibility index (Phi) is 5.40. The summed E-state index contributed by atoms with van der Waals surface area (Å²) >= 11 is 0. The number of hydrogen-bond acceptors (Lipinski definition) is 7. The van der Waals surface area contributed by atoms with Crippen molar-refractivity contribution in [2.75, 3.05) is 19.9 Å². The van der Waals surface area contributed by atoms with Gasteiger partial charge in [-0.25, -0.2) is 4.79 Å². The van der Waals surface area contributed by atoms with Gasteiger partial charge in [0.25, 0.3) is 17.7 Å². The number of fused-ring (bicyclic) bond motifs is 2. The molecule has 3 amide bonds. The zero-order valence-corrected chi connectivity index (χ0v) is 16.4. The van der Waals surface area contributed by atoms with Crippen molar-refractivity contribution in [3.63, 3.8) is 0 Å². The average Bonchev–Trinajstić information content (AvgIpc) is 3.34. The van der Waals surface area contributed by atoms with Crippen LogP contribution in [0.25, 0.3) is 0 Å². The standard InChI is InChI=1S/C22H18N2O7/c1-2-7-24-20(26)15-5-4-14(9-16(15)21(24)27)22(28)29-11-19(25)23-10-13-3-6-17-18(8-13)31-12-30-17/h2-6,8-9H,1,7,10-12H2,(H,23,25). The van der Waals surface area contributed by atoms with Crippen LogP contribution in [0.4, 0.5) is 0 Å². The van der Waals surface area contributed by atoms with Crippen molar-refractivity contribution >= 4 is 23.7 Å². The second kappa shape index (κ2) is 8.31. The van der Waals surface area contributed by atoms with E-state index in [0.717, 1.165) is 10.5 Å². The number of amides is 3. The Bertz CT molecular complexity index is 1110. The number of imide groups is 1. The highest BCUT2D eigenvalue weighted by Crippen LogP contribution is 2.32. The van der Waals surface area contributed by atoms with Crippen LogP contribution in [0.3, 0.4) is 0 Å². The molecule has 0 aromatic heterocycles. The molecule has 158 valence electrons. The summed E-state index contributed by atoms with van der Waals surface area (Å²) in [4.78, 5) is 49.9. The fourth-order valence-electron chi connectivity index (χ4n) is 3.23. The van der Waals surface area contributed by atoms with Gasteiger partial charge in [0.2, 0.25) is 6.79 Å². The first-order valence-corrected chi connectivity index (χ1v) is 9.41. The Morgan fingerprint density at radius 2 is 1.84 bits per heavy atom. The molecule has 0 unspecified atom stereocenters. The van der Waals surface area contributed by atoms with Crippen molar-refractivity contribution in [3.05, 3.63) is 71.3 Å². The number of nitrogens with one attached hydrogen (secondary N) is 1. The topological polar surface area (TPSA) is 111 Å². The Morgan fingerprint density at radius 1 is 1.06 bits per heavy atom. The minimum Gasteiger partial charge on any atom is -0.454 e. The first-order valence-electron chi connectivity index (χ1n) is 9.41. The van der Waals surface area contributed by atoms with E-state index in [0.29, 0.717) is 11.5 Å². The number of esters is 1. The van der Waals surface area contributed by atoms with Crippen LogP contribution >= 0.6 is 0 Å². The van der Waals surface area contributed by atoms with E-state index in [4.69, 9.17) is 14.2 Å². The number of carbonyl (C=O) groups is 4. The third-order valence-corrected chi connectivity index (χ3v) is 4.78. The van der Waals surface area contributed by atoms with Crippen molar-refractivity contribution in [2.24, 2.45) is 0 Å². The molecule has 31 heavy (non-hydrogen) atoms. The monoisotopic (exact) mass is 422 g/mol. The normalized spacial score (nSPS) is 13.7. The molecule has 9 nitrogen and oxygen atoms in total. The highest BCUT2D eigenvalue weighted by molar-refractivity contribution is 6.22. The zero-order chi connectivity index (χ0) is 22.0. The van der Waals surface area contributed by atoms with Crippen LogP contribution in [-0.4, -0.2) is 48.5 Å². The number of rotatable bonds is 7. The second-order valence-corrected chi connectivity index (χ2v) is 6.81. The molecule has 0 saturated heterocycles. The molecule has 0 saturated carbocycles. The van der Waals surface area contributed by atoms with Crippen LogP contribution in [0, 0.1) is 0 Å². The molecule has 1 N–H and O–H groups in total. The van der Waals surface area contributed by atoms with Gasteiger partial charge in [0.05, 0.1) is 16.7 Å². The van der Waals surface area contributed by atoms with Crippen LogP contribution in [0.5, 0.6) is 11.5 Å². The molecular formula is C22H18N2O7. The van der Waals surface area contributed by atoms with E-state index < -0.39 is 30.3 Å². The minimum absolute atomic E-state index is 0.0731. The average molecular weight is 422 g/mol. The van der Waals surface area contributed by atoms with Crippen LogP contribution in [0.15, 0.2) is 49.1 Å². The largest absolute Gasteiger partial charge is 0.454 e. The lowest BCUT2D eigenvalue weighted by Gasteiger charge is -2.09. The highest BCUT2D eigenvalue weighted by atomic mass is 16.7. The molecular weight excluding hydrogens is 404 g/mol. The van der Waals surface area contributed by atoms with E-state index in [1.807, 2.05) is 0 Å². The van der Waals surface area contributed by atoms with Gasteiger partial charge in [-0.1, -0.05) is 12.1 Å². The predicted octanol–water partition coefficient (Wildman–Crippen LogP) is 1.67. The van der Waals surface area contributed by atoms with Crippen molar-refractivity contribution < 1.29 is 33.4 Å². The number of nitrogens with zero attached hydrogens (tertiary/aromatic N) is 1. The number of ether oxygens (including phenoxy) is 3. The smallest absolute Gasteiger partial charge is 0.338 e. The summed E-state index contributed by atoms with van der Waals surface area (Å²) in [5, 5.41) is 2.64. The summed E-state index contributed by atoms with van der Waals surface area (Å²) in [6.07, 6.45) is 1.44. The molecule has 0 aliphatic carbocycles. The summed E-state index contributed by atoms with van der Waals surface area (Å²) in [5.74, 6) is -0.960. The maximum Gasteiger partial charge on any atom is 0.338 e. The number of carbonyl (C=O) groups excluding carboxylic acids is 4. The van der Waals surface area contributed by atoms with Gasteiger partial charge in [-0.05, 0) is 35.9 Å². The summed E-state index contributed by atoms with van der Waals surface area (Å²) in [5.41, 5.74) is 1.21. The van der Waals surface area contributed by atoms with Crippen molar-refractivity contribution in [1.82, 2.24) is 10.2 Å². The summed E-state index contributed by atoms with van der Waals surface area (Å²) in [7, 11) is 0. The lowest BCUT2D eigenvalue weighted by atomic mass is 10.1. The Morgan fingerprint density at radius 3 is 2.65 bits per heavy atom. The Hall–Kier alpha value is -4.14. The Balaban J connectivity index is 1.32. The zero-order valence-electron chi connectivity index (χ0n) is 16.4. The summed E-state index contributed by atoms with van der Waals surface area (Å²) in [6.45, 7) is 3.50. The molecule has 0 bridgehead atoms. The van der Waals surface area contributed by atoms with Gasteiger partial charge < -0.3 is 19.5 Å². The molecule has 0 spiro atoms. The minimum atomic E-state index is -0.775. The molecule has 2 heterocycles. The lowest BCUT2D eigenvalue weighted by Crippen LogP contribution is -2.29. The van der Waals surface area contributed by atoms with Crippen molar-refractivity contribution in [3.8, 4) is 11.5 Å². The van der Waals surface area contributed by atoms with Gasteiger partial charge in [-0.15, -0.1) is 6.58 Å². The van der Waals surface area contributed by atoms with Gasteiger partial charge >= 0.3 is 5.97 Å². The quantitative estimate of drug-likeness (QED) is 0.410. The van der Waals surface area contributed by atoms with E-state index in [9.17, 15) is 19.2 Å². The molecule has 0 radical (unpaired) electrons.